The van der Waals surface area contributed by atoms with Crippen molar-refractivity contribution in [2.75, 3.05) is 38.1 Å². The molecular weight excluding hydrogens is 533 g/mol. The lowest BCUT2D eigenvalue weighted by atomic mass is 9.95. The number of anilines is 1. The predicted octanol–water partition coefficient (Wildman–Crippen LogP) is 4.82. The Morgan fingerprint density at radius 3 is 2.65 bits per heavy atom. The van der Waals surface area contributed by atoms with Crippen LogP contribution in [0, 0.1) is 5.82 Å². The average Bonchev–Trinajstić information content (AvgIpc) is 3.50. The van der Waals surface area contributed by atoms with E-state index in [1.165, 1.54) is 4.90 Å². The van der Waals surface area contributed by atoms with Gasteiger partial charge in [0.25, 0.3) is 0 Å². The van der Waals surface area contributed by atoms with Crippen LogP contribution >= 0.6 is 11.6 Å². The normalized spacial score (nSPS) is 18.7. The smallest absolute Gasteiger partial charge is 0.319 e. The van der Waals surface area contributed by atoms with Gasteiger partial charge < -0.3 is 20.7 Å². The number of carbonyl (C=O) groups is 1. The molecule has 0 bridgehead atoms. The van der Waals surface area contributed by atoms with Crippen LogP contribution in [0.2, 0.25) is 5.02 Å². The first-order valence-electron chi connectivity index (χ1n) is 13.6. The molecule has 9 nitrogen and oxygen atoms in total. The molecule has 40 heavy (non-hydrogen) atoms. The van der Waals surface area contributed by atoms with Gasteiger partial charge in [-0.05, 0) is 50.2 Å². The molecule has 0 unspecified atom stereocenters. The summed E-state index contributed by atoms with van der Waals surface area (Å²) in [6.07, 6.45) is 6.00. The Balaban J connectivity index is 1.30. The molecule has 3 N–H and O–H groups in total. The lowest BCUT2D eigenvalue weighted by Gasteiger charge is -2.38. The summed E-state index contributed by atoms with van der Waals surface area (Å²) in [5, 5.41) is 5.89. The minimum atomic E-state index is -0.575. The number of nitrogens with one attached hydrogen (secondary N) is 1. The number of fused-ring (bicyclic) bond motifs is 3. The molecule has 0 atom stereocenters. The Morgan fingerprint density at radius 1 is 1.15 bits per heavy atom. The number of primary amides is 1. The third-order valence-electron chi connectivity index (χ3n) is 8.59. The number of amides is 2. The number of likely N-dealkylation sites (tertiary alicyclic amines) is 1. The summed E-state index contributed by atoms with van der Waals surface area (Å²) in [6, 6.07) is 10.7. The first kappa shape index (κ1) is 25.2. The van der Waals surface area contributed by atoms with Crippen molar-refractivity contribution in [1.82, 2.24) is 24.8 Å². The van der Waals surface area contributed by atoms with E-state index in [4.69, 9.17) is 22.1 Å². The number of pyridine rings is 1. The van der Waals surface area contributed by atoms with Gasteiger partial charge in [0.15, 0.2) is 5.82 Å². The van der Waals surface area contributed by atoms with Crippen LogP contribution in [0.1, 0.15) is 25.7 Å². The fraction of sp³-hybridized carbons (Fsp3) is 0.379. The van der Waals surface area contributed by atoms with E-state index in [-0.39, 0.29) is 28.8 Å². The molecule has 3 aliphatic heterocycles. The van der Waals surface area contributed by atoms with Gasteiger partial charge in [0.05, 0.1) is 17.0 Å². The summed E-state index contributed by atoms with van der Waals surface area (Å²) >= 11 is 6.55. The lowest BCUT2D eigenvalue weighted by Crippen LogP contribution is -2.58. The lowest BCUT2D eigenvalue weighted by molar-refractivity contribution is 0.108. The summed E-state index contributed by atoms with van der Waals surface area (Å²) in [4.78, 5) is 29.2. The van der Waals surface area contributed by atoms with Crippen molar-refractivity contribution >= 4 is 45.1 Å². The van der Waals surface area contributed by atoms with E-state index in [1.807, 2.05) is 30.3 Å². The number of halogens is 2. The van der Waals surface area contributed by atoms with Gasteiger partial charge in [-0.25, -0.2) is 9.18 Å². The number of aromatic nitrogens is 3. The number of carbonyl (C=O) groups excluding carboxylic acids is 1. The molecule has 5 heterocycles. The second-order valence-electron chi connectivity index (χ2n) is 11.0. The van der Waals surface area contributed by atoms with E-state index in [0.29, 0.717) is 41.5 Å². The average molecular weight is 562 g/mol. The Bertz CT molecular complexity index is 1630. The highest BCUT2D eigenvalue weighted by Crippen LogP contribution is 2.40. The highest BCUT2D eigenvalue weighted by molar-refractivity contribution is 6.36. The van der Waals surface area contributed by atoms with Gasteiger partial charge >= 0.3 is 12.0 Å². The Hall–Kier alpha value is -3.76. The molecular formula is C29H29ClFN7O2. The monoisotopic (exact) mass is 561 g/mol. The zero-order valence-corrected chi connectivity index (χ0v) is 22.6. The molecule has 3 aliphatic rings. The van der Waals surface area contributed by atoms with Gasteiger partial charge in [0, 0.05) is 35.3 Å². The molecule has 0 aliphatic carbocycles. The predicted molar refractivity (Wildman–Crippen MR) is 152 cm³/mol. The van der Waals surface area contributed by atoms with Crippen molar-refractivity contribution in [3.8, 4) is 17.3 Å². The van der Waals surface area contributed by atoms with E-state index in [0.717, 1.165) is 49.5 Å². The molecule has 0 radical (unpaired) electrons. The maximum Gasteiger partial charge on any atom is 0.319 e. The highest BCUT2D eigenvalue weighted by atomic mass is 35.5. The van der Waals surface area contributed by atoms with Gasteiger partial charge in [0.1, 0.15) is 23.6 Å². The van der Waals surface area contributed by atoms with Gasteiger partial charge in [-0.3, -0.25) is 9.88 Å². The zero-order chi connectivity index (χ0) is 27.4. The molecule has 206 valence electrons. The number of rotatable bonds is 6. The molecule has 3 saturated heterocycles. The van der Waals surface area contributed by atoms with E-state index in [2.05, 4.69) is 25.2 Å². The number of nitrogens with zero attached hydrogens (tertiary/aromatic N) is 5. The first-order chi connectivity index (χ1) is 19.4. The first-order valence-corrected chi connectivity index (χ1v) is 14.0. The van der Waals surface area contributed by atoms with Crippen LogP contribution in [0.25, 0.3) is 32.9 Å². The number of urea groups is 1. The quantitative estimate of drug-likeness (QED) is 0.347. The fourth-order valence-corrected chi connectivity index (χ4v) is 6.78. The number of nitrogens with two attached hydrogens (primary N) is 1. The van der Waals surface area contributed by atoms with Gasteiger partial charge in [-0.2, -0.15) is 9.97 Å². The second kappa shape index (κ2) is 9.71. The topological polar surface area (TPSA) is 110 Å². The van der Waals surface area contributed by atoms with Crippen LogP contribution in [0.3, 0.4) is 0 Å². The molecule has 2 aromatic heterocycles. The summed E-state index contributed by atoms with van der Waals surface area (Å²) in [5.74, 6) is -0.163. The molecule has 11 heteroatoms. The Morgan fingerprint density at radius 2 is 1.90 bits per heavy atom. The van der Waals surface area contributed by atoms with Crippen LogP contribution in [0.15, 0.2) is 42.6 Å². The molecule has 3 fully saturated rings. The Labute approximate surface area is 235 Å². The largest absolute Gasteiger partial charge is 0.461 e. The fourth-order valence-electron chi connectivity index (χ4n) is 6.49. The van der Waals surface area contributed by atoms with Crippen molar-refractivity contribution in [3.05, 3.63) is 53.4 Å². The minimum Gasteiger partial charge on any atom is -0.461 e. The maximum atomic E-state index is 16.4. The molecule has 7 rings (SSSR count). The highest BCUT2D eigenvalue weighted by Gasteiger charge is 2.45. The standard InChI is InChI=1S/C29H29ClFN7O2/c30-21-8-2-6-17-5-1-7-19(22(17)21)24-23(31)25-20(13-33-24)26(34-18-14-37(15-18)27(32)39)36-28(35-25)40-16-29-9-3-11-38(29)12-4-10-29/h1-2,5-8,13,18H,3-4,9-12,14-16H2,(H2,32,39)(H,34,35,36). The number of hydrogen-bond acceptors (Lipinski definition) is 7. The van der Waals surface area contributed by atoms with Gasteiger partial charge in [0.2, 0.25) is 0 Å². The van der Waals surface area contributed by atoms with Crippen LogP contribution < -0.4 is 15.8 Å². The maximum absolute atomic E-state index is 16.4. The summed E-state index contributed by atoms with van der Waals surface area (Å²) < 4.78 is 22.6. The van der Waals surface area contributed by atoms with Crippen molar-refractivity contribution in [3.63, 3.8) is 0 Å². The molecule has 4 aromatic rings. The molecule has 2 aromatic carbocycles. The number of hydrogen-bond donors (Lipinski definition) is 2. The SMILES string of the molecule is NC(=O)N1CC(Nc2nc(OCC34CCCN3CCC4)nc3c(F)c(-c4cccc5cccc(Cl)c45)ncc23)C1. The van der Waals surface area contributed by atoms with Crippen LogP contribution in [-0.2, 0) is 0 Å². The summed E-state index contributed by atoms with van der Waals surface area (Å²) in [6.45, 7) is 3.46. The second-order valence-corrected chi connectivity index (χ2v) is 11.4. The van der Waals surface area contributed by atoms with Crippen LogP contribution in [0.5, 0.6) is 6.01 Å². The van der Waals surface area contributed by atoms with Crippen molar-refractivity contribution < 1.29 is 13.9 Å². The van der Waals surface area contributed by atoms with Gasteiger partial charge in [-0.1, -0.05) is 41.9 Å². The molecule has 0 spiro atoms. The minimum absolute atomic E-state index is 0.0104. The van der Waals surface area contributed by atoms with E-state index in [9.17, 15) is 4.79 Å². The van der Waals surface area contributed by atoms with Crippen LogP contribution in [-0.4, -0.2) is 75.1 Å². The third-order valence-corrected chi connectivity index (χ3v) is 8.90. The Kier molecular flexibility index (Phi) is 6.12. The van der Waals surface area contributed by atoms with E-state index >= 15 is 4.39 Å². The van der Waals surface area contributed by atoms with E-state index < -0.39 is 11.8 Å². The number of benzene rings is 2. The molecule has 0 saturated carbocycles. The summed E-state index contributed by atoms with van der Waals surface area (Å²) in [5.41, 5.74) is 6.23. The zero-order valence-electron chi connectivity index (χ0n) is 21.9. The van der Waals surface area contributed by atoms with E-state index in [1.54, 1.807) is 12.3 Å². The van der Waals surface area contributed by atoms with Crippen molar-refractivity contribution in [1.29, 1.82) is 0 Å². The summed E-state index contributed by atoms with van der Waals surface area (Å²) in [7, 11) is 0. The van der Waals surface area contributed by atoms with Crippen LogP contribution in [0.4, 0.5) is 15.0 Å². The van der Waals surface area contributed by atoms with Crippen molar-refractivity contribution in [2.24, 2.45) is 5.73 Å². The van der Waals surface area contributed by atoms with Crippen molar-refractivity contribution in [2.45, 2.75) is 37.3 Å². The van der Waals surface area contributed by atoms with Gasteiger partial charge in [-0.15, -0.1) is 0 Å². The molecule has 2 amide bonds. The third kappa shape index (κ3) is 4.17. The number of ether oxygens (including phenoxy) is 1.